The van der Waals surface area contributed by atoms with Gasteiger partial charge >= 0.3 is 0 Å². The number of aryl methyl sites for hydroxylation is 1. The Kier molecular flexibility index (Phi) is 7.44. The fraction of sp³-hybridized carbons (Fsp3) is 0.632. The average molecular weight is 302 g/mol. The number of aromatic nitrogens is 1. The topological polar surface area (TPSA) is 52.0 Å². The summed E-state index contributed by atoms with van der Waals surface area (Å²) in [4.78, 5) is 4.50. The molecule has 0 saturated carbocycles. The first-order chi connectivity index (χ1) is 10.8. The quantitative estimate of drug-likeness (QED) is 0.593. The molecular formula is C19H30N2O. The number of fused-ring (bicyclic) bond motifs is 1. The fourth-order valence-electron chi connectivity index (χ4n) is 2.87. The van der Waals surface area contributed by atoms with E-state index in [1.807, 2.05) is 6.07 Å². The van der Waals surface area contributed by atoms with Crippen molar-refractivity contribution >= 4 is 11.1 Å². The van der Waals surface area contributed by atoms with Crippen molar-refractivity contribution in [3.8, 4) is 0 Å². The molecule has 1 heterocycles. The lowest BCUT2D eigenvalue weighted by atomic mass is 10.0. The first kappa shape index (κ1) is 17.0. The molecule has 0 atom stereocenters. The molecule has 1 aromatic heterocycles. The Bertz CT molecular complexity index is 547. The van der Waals surface area contributed by atoms with Gasteiger partial charge in [0.1, 0.15) is 5.52 Å². The highest BCUT2D eigenvalue weighted by atomic mass is 16.3. The lowest BCUT2D eigenvalue weighted by Gasteiger charge is -2.02. The molecule has 0 bridgehead atoms. The number of nitrogens with two attached hydrogens (primary N) is 1. The van der Waals surface area contributed by atoms with Crippen LogP contribution in [0.15, 0.2) is 22.6 Å². The lowest BCUT2D eigenvalue weighted by Crippen LogP contribution is -2.02. The Balaban J connectivity index is 1.70. The van der Waals surface area contributed by atoms with Gasteiger partial charge in [0.2, 0.25) is 0 Å². The number of hydrogen-bond donors (Lipinski definition) is 1. The molecule has 3 heteroatoms. The molecule has 0 amide bonds. The number of nitrogens with zero attached hydrogens (tertiary/aromatic N) is 1. The largest absolute Gasteiger partial charge is 0.441 e. The second-order valence-corrected chi connectivity index (χ2v) is 6.17. The van der Waals surface area contributed by atoms with Crippen LogP contribution in [-0.4, -0.2) is 11.5 Å². The predicted octanol–water partition coefficient (Wildman–Crippen LogP) is 5.01. The van der Waals surface area contributed by atoms with E-state index in [0.29, 0.717) is 13.0 Å². The van der Waals surface area contributed by atoms with Crippen LogP contribution in [0.2, 0.25) is 0 Å². The highest BCUT2D eigenvalue weighted by molar-refractivity contribution is 5.73. The molecule has 3 nitrogen and oxygen atoms in total. The highest BCUT2D eigenvalue weighted by Crippen LogP contribution is 2.19. The summed E-state index contributed by atoms with van der Waals surface area (Å²) in [5, 5.41) is 0. The van der Waals surface area contributed by atoms with E-state index in [1.54, 1.807) is 0 Å². The number of benzene rings is 1. The zero-order valence-electron chi connectivity index (χ0n) is 13.9. The zero-order chi connectivity index (χ0) is 15.6. The Labute approximate surface area is 134 Å². The Morgan fingerprint density at radius 1 is 0.955 bits per heavy atom. The SMILES string of the molecule is CCCCCCCCCCc1ccc2oc(CCN)nc2c1. The molecule has 122 valence electrons. The summed E-state index contributed by atoms with van der Waals surface area (Å²) in [6.07, 6.45) is 12.8. The third kappa shape index (κ3) is 5.45. The van der Waals surface area contributed by atoms with Crippen LogP contribution in [-0.2, 0) is 12.8 Å². The van der Waals surface area contributed by atoms with Gasteiger partial charge in [-0.1, -0.05) is 57.9 Å². The maximum atomic E-state index is 5.66. The van der Waals surface area contributed by atoms with Crippen molar-refractivity contribution in [3.63, 3.8) is 0 Å². The minimum atomic E-state index is 0.581. The highest BCUT2D eigenvalue weighted by Gasteiger charge is 2.05. The van der Waals surface area contributed by atoms with Crippen LogP contribution >= 0.6 is 0 Å². The smallest absolute Gasteiger partial charge is 0.196 e. The van der Waals surface area contributed by atoms with Gasteiger partial charge < -0.3 is 10.2 Å². The van der Waals surface area contributed by atoms with Crippen molar-refractivity contribution in [2.75, 3.05) is 6.54 Å². The van der Waals surface area contributed by atoms with Crippen molar-refractivity contribution in [1.82, 2.24) is 4.98 Å². The van der Waals surface area contributed by atoms with Crippen molar-refractivity contribution < 1.29 is 4.42 Å². The molecule has 0 spiro atoms. The van der Waals surface area contributed by atoms with E-state index in [2.05, 4.69) is 24.0 Å². The van der Waals surface area contributed by atoms with E-state index in [1.165, 1.54) is 56.9 Å². The van der Waals surface area contributed by atoms with E-state index >= 15 is 0 Å². The van der Waals surface area contributed by atoms with Gasteiger partial charge in [0.15, 0.2) is 11.5 Å². The number of rotatable bonds is 11. The molecule has 0 radical (unpaired) electrons. The van der Waals surface area contributed by atoms with Crippen LogP contribution < -0.4 is 5.73 Å². The van der Waals surface area contributed by atoms with E-state index < -0.39 is 0 Å². The first-order valence-corrected chi connectivity index (χ1v) is 8.92. The summed E-state index contributed by atoms with van der Waals surface area (Å²) in [5.74, 6) is 0.752. The summed E-state index contributed by atoms with van der Waals surface area (Å²) in [7, 11) is 0. The van der Waals surface area contributed by atoms with Crippen LogP contribution in [0.5, 0.6) is 0 Å². The Morgan fingerprint density at radius 2 is 1.68 bits per heavy atom. The molecule has 1 aromatic carbocycles. The van der Waals surface area contributed by atoms with Gasteiger partial charge in [0.25, 0.3) is 0 Å². The van der Waals surface area contributed by atoms with Crippen molar-refractivity contribution in [1.29, 1.82) is 0 Å². The molecule has 0 fully saturated rings. The first-order valence-electron chi connectivity index (χ1n) is 8.92. The molecule has 0 unspecified atom stereocenters. The molecule has 0 saturated heterocycles. The van der Waals surface area contributed by atoms with Gasteiger partial charge in [-0.15, -0.1) is 0 Å². The maximum Gasteiger partial charge on any atom is 0.196 e. The van der Waals surface area contributed by atoms with Gasteiger partial charge in [-0.25, -0.2) is 4.98 Å². The number of hydrogen-bond acceptors (Lipinski definition) is 3. The zero-order valence-corrected chi connectivity index (χ0v) is 13.9. The number of oxazole rings is 1. The molecule has 0 aliphatic heterocycles. The molecule has 0 aliphatic carbocycles. The summed E-state index contributed by atoms with van der Waals surface area (Å²) in [5.41, 5.74) is 8.76. The van der Waals surface area contributed by atoms with E-state index in [-0.39, 0.29) is 0 Å². The second-order valence-electron chi connectivity index (χ2n) is 6.17. The minimum Gasteiger partial charge on any atom is -0.441 e. The Hall–Kier alpha value is -1.35. The summed E-state index contributed by atoms with van der Waals surface area (Å²) < 4.78 is 5.66. The summed E-state index contributed by atoms with van der Waals surface area (Å²) >= 11 is 0. The fourth-order valence-corrected chi connectivity index (χ4v) is 2.87. The Morgan fingerprint density at radius 3 is 2.41 bits per heavy atom. The van der Waals surface area contributed by atoms with Crippen LogP contribution in [0.1, 0.15) is 69.7 Å². The van der Waals surface area contributed by atoms with Crippen molar-refractivity contribution in [2.24, 2.45) is 5.73 Å². The minimum absolute atomic E-state index is 0.581. The molecule has 2 N–H and O–H groups in total. The second kappa shape index (κ2) is 9.62. The van der Waals surface area contributed by atoms with Gasteiger partial charge in [-0.05, 0) is 30.5 Å². The van der Waals surface area contributed by atoms with Crippen molar-refractivity contribution in [3.05, 3.63) is 29.7 Å². The van der Waals surface area contributed by atoms with Gasteiger partial charge in [0, 0.05) is 13.0 Å². The maximum absolute atomic E-state index is 5.66. The van der Waals surface area contributed by atoms with Gasteiger partial charge in [-0.3, -0.25) is 0 Å². The molecule has 2 aromatic rings. The molecule has 22 heavy (non-hydrogen) atoms. The van der Waals surface area contributed by atoms with E-state index in [4.69, 9.17) is 10.2 Å². The standard InChI is InChI=1S/C19H30N2O/c1-2-3-4-5-6-7-8-9-10-16-11-12-18-17(15-16)21-19(22-18)13-14-20/h11-12,15H,2-10,13-14,20H2,1H3. The van der Waals surface area contributed by atoms with Crippen LogP contribution in [0.25, 0.3) is 11.1 Å². The van der Waals surface area contributed by atoms with Gasteiger partial charge in [-0.2, -0.15) is 0 Å². The number of unbranched alkanes of at least 4 members (excludes halogenated alkanes) is 7. The molecule has 0 aliphatic rings. The predicted molar refractivity (Wildman–Crippen MR) is 93.1 cm³/mol. The van der Waals surface area contributed by atoms with E-state index in [0.717, 1.165) is 23.4 Å². The van der Waals surface area contributed by atoms with Crippen LogP contribution in [0, 0.1) is 0 Å². The van der Waals surface area contributed by atoms with Gasteiger partial charge in [0.05, 0.1) is 0 Å². The third-order valence-electron chi connectivity index (χ3n) is 4.17. The normalized spacial score (nSPS) is 11.4. The molecule has 2 rings (SSSR count). The summed E-state index contributed by atoms with van der Waals surface area (Å²) in [6.45, 7) is 2.85. The van der Waals surface area contributed by atoms with E-state index in [9.17, 15) is 0 Å². The third-order valence-corrected chi connectivity index (χ3v) is 4.17. The summed E-state index contributed by atoms with van der Waals surface area (Å²) in [6, 6.07) is 6.38. The average Bonchev–Trinajstić information content (AvgIpc) is 2.92. The lowest BCUT2D eigenvalue weighted by molar-refractivity contribution is 0.531. The van der Waals surface area contributed by atoms with Crippen LogP contribution in [0.3, 0.4) is 0 Å². The monoisotopic (exact) mass is 302 g/mol. The van der Waals surface area contributed by atoms with Crippen molar-refractivity contribution in [2.45, 2.75) is 71.1 Å². The molecular weight excluding hydrogens is 272 g/mol. The van der Waals surface area contributed by atoms with Crippen LogP contribution in [0.4, 0.5) is 0 Å².